The molecule has 0 amide bonds. The van der Waals surface area contributed by atoms with Crippen LogP contribution in [0.4, 0.5) is 0 Å². The summed E-state index contributed by atoms with van der Waals surface area (Å²) in [4.78, 5) is 13.1. The number of hydrogen-bond acceptors (Lipinski definition) is 3. The van der Waals surface area contributed by atoms with Crippen molar-refractivity contribution in [1.29, 1.82) is 0 Å². The second kappa shape index (κ2) is 4.11. The van der Waals surface area contributed by atoms with E-state index in [1.165, 1.54) is 0 Å². The van der Waals surface area contributed by atoms with Crippen LogP contribution in [0.5, 0.6) is 0 Å². The maximum absolute atomic E-state index is 10.5. The first-order valence-electron chi connectivity index (χ1n) is 4.10. The lowest BCUT2D eigenvalue weighted by atomic mass is 9.84. The average Bonchev–Trinajstić information content (AvgIpc) is 2.08. The number of rotatable bonds is 2. The highest BCUT2D eigenvalue weighted by molar-refractivity contribution is 5.70. The first kappa shape index (κ1) is 9.83. The molecular weight excluding hydrogens is 174 g/mol. The number of azide groups is 1. The SMILES string of the molecule is [N-]=[N+]=N[C@H]1CC[C@@H](C(=O)O)C[C@@H]1O. The molecule has 0 bridgehead atoms. The Kier molecular flexibility index (Phi) is 3.11. The van der Waals surface area contributed by atoms with Crippen molar-refractivity contribution in [3.8, 4) is 0 Å². The summed E-state index contributed by atoms with van der Waals surface area (Å²) in [5.74, 6) is -1.39. The van der Waals surface area contributed by atoms with Crippen LogP contribution in [-0.4, -0.2) is 28.3 Å². The van der Waals surface area contributed by atoms with Crippen molar-refractivity contribution >= 4 is 5.97 Å². The van der Waals surface area contributed by atoms with E-state index in [4.69, 9.17) is 10.6 Å². The van der Waals surface area contributed by atoms with Gasteiger partial charge in [0.05, 0.1) is 18.1 Å². The molecule has 0 aromatic carbocycles. The number of aliphatic carboxylic acids is 1. The quantitative estimate of drug-likeness (QED) is 0.379. The number of carbonyl (C=O) groups is 1. The maximum Gasteiger partial charge on any atom is 0.306 e. The van der Waals surface area contributed by atoms with E-state index in [-0.39, 0.29) is 6.42 Å². The van der Waals surface area contributed by atoms with Crippen LogP contribution in [0.2, 0.25) is 0 Å². The van der Waals surface area contributed by atoms with Crippen molar-refractivity contribution in [3.05, 3.63) is 10.4 Å². The molecule has 3 atom stereocenters. The zero-order chi connectivity index (χ0) is 9.84. The minimum absolute atomic E-state index is 0.180. The molecule has 1 rings (SSSR count). The Hall–Kier alpha value is -1.26. The van der Waals surface area contributed by atoms with Crippen LogP contribution in [0, 0.1) is 5.92 Å². The minimum Gasteiger partial charge on any atom is -0.481 e. The normalized spacial score (nSPS) is 33.5. The van der Waals surface area contributed by atoms with E-state index in [2.05, 4.69) is 10.0 Å². The zero-order valence-electron chi connectivity index (χ0n) is 7.00. The van der Waals surface area contributed by atoms with Gasteiger partial charge in [0.1, 0.15) is 0 Å². The highest BCUT2D eigenvalue weighted by Gasteiger charge is 2.31. The zero-order valence-corrected chi connectivity index (χ0v) is 7.00. The molecule has 1 saturated carbocycles. The number of aliphatic hydroxyl groups is 1. The van der Waals surface area contributed by atoms with Crippen LogP contribution in [-0.2, 0) is 4.79 Å². The molecule has 0 radical (unpaired) electrons. The van der Waals surface area contributed by atoms with Crippen molar-refractivity contribution < 1.29 is 15.0 Å². The molecule has 72 valence electrons. The maximum atomic E-state index is 10.5. The molecule has 0 spiro atoms. The Morgan fingerprint density at radius 2 is 2.23 bits per heavy atom. The Morgan fingerprint density at radius 1 is 1.54 bits per heavy atom. The van der Waals surface area contributed by atoms with E-state index in [9.17, 15) is 9.90 Å². The largest absolute Gasteiger partial charge is 0.481 e. The number of nitrogens with zero attached hydrogens (tertiary/aromatic N) is 3. The number of carboxylic acids is 1. The molecule has 6 heteroatoms. The summed E-state index contributed by atoms with van der Waals surface area (Å²) in [6.45, 7) is 0. The molecule has 0 heterocycles. The molecule has 2 N–H and O–H groups in total. The molecule has 0 unspecified atom stereocenters. The standard InChI is InChI=1S/C7H11N3O3/c8-10-9-5-2-1-4(7(12)13)3-6(5)11/h4-6,11H,1-3H2,(H,12,13)/t4-,5+,6+/m1/s1. The van der Waals surface area contributed by atoms with Crippen LogP contribution in [0.1, 0.15) is 19.3 Å². The van der Waals surface area contributed by atoms with E-state index in [1.807, 2.05) is 0 Å². The lowest BCUT2D eigenvalue weighted by Gasteiger charge is -2.27. The van der Waals surface area contributed by atoms with Crippen molar-refractivity contribution in [2.24, 2.45) is 11.0 Å². The second-order valence-electron chi connectivity index (χ2n) is 3.19. The Labute approximate surface area is 74.8 Å². The minimum atomic E-state index is -0.890. The lowest BCUT2D eigenvalue weighted by molar-refractivity contribution is -0.144. The van der Waals surface area contributed by atoms with E-state index >= 15 is 0 Å². The molecule has 13 heavy (non-hydrogen) atoms. The second-order valence-corrected chi connectivity index (χ2v) is 3.19. The number of carboxylic acid groups (broad SMARTS) is 1. The Balaban J connectivity index is 2.56. The molecule has 1 fully saturated rings. The predicted octanol–water partition coefficient (Wildman–Crippen LogP) is 0.911. The summed E-state index contributed by atoms with van der Waals surface area (Å²) in [5.41, 5.74) is 8.14. The van der Waals surface area contributed by atoms with Gasteiger partial charge in [-0.1, -0.05) is 5.11 Å². The van der Waals surface area contributed by atoms with Gasteiger partial charge in [0, 0.05) is 4.91 Å². The summed E-state index contributed by atoms with van der Waals surface area (Å²) in [7, 11) is 0. The van der Waals surface area contributed by atoms with Gasteiger partial charge in [-0.2, -0.15) is 0 Å². The third kappa shape index (κ3) is 2.34. The molecule has 1 aliphatic rings. The van der Waals surface area contributed by atoms with Gasteiger partial charge in [-0.3, -0.25) is 4.79 Å². The average molecular weight is 185 g/mol. The van der Waals surface area contributed by atoms with Crippen molar-refractivity contribution in [2.75, 3.05) is 0 Å². The topological polar surface area (TPSA) is 106 Å². The molecular formula is C7H11N3O3. The van der Waals surface area contributed by atoms with Gasteiger partial charge in [0.25, 0.3) is 0 Å². The molecule has 6 nitrogen and oxygen atoms in total. The number of aliphatic hydroxyl groups excluding tert-OH is 1. The summed E-state index contributed by atoms with van der Waals surface area (Å²) >= 11 is 0. The third-order valence-corrected chi connectivity index (χ3v) is 2.33. The summed E-state index contributed by atoms with van der Waals surface area (Å²) in [6.07, 6.45) is 0.280. The molecule has 0 aromatic rings. The highest BCUT2D eigenvalue weighted by Crippen LogP contribution is 2.26. The smallest absolute Gasteiger partial charge is 0.306 e. The van der Waals surface area contributed by atoms with E-state index in [0.29, 0.717) is 12.8 Å². The van der Waals surface area contributed by atoms with Crippen LogP contribution < -0.4 is 0 Å². The first-order chi connectivity index (χ1) is 6.15. The fraction of sp³-hybridized carbons (Fsp3) is 0.857. The fourth-order valence-electron chi connectivity index (χ4n) is 1.56. The van der Waals surface area contributed by atoms with Gasteiger partial charge in [-0.05, 0) is 24.8 Å². The van der Waals surface area contributed by atoms with Gasteiger partial charge >= 0.3 is 5.97 Å². The predicted molar refractivity (Wildman–Crippen MR) is 43.9 cm³/mol. The molecule has 0 saturated heterocycles. The molecule has 1 aliphatic carbocycles. The molecule has 0 aromatic heterocycles. The summed E-state index contributed by atoms with van der Waals surface area (Å²) in [5, 5.41) is 21.4. The van der Waals surface area contributed by atoms with E-state index in [0.717, 1.165) is 0 Å². The van der Waals surface area contributed by atoms with Gasteiger partial charge in [0.15, 0.2) is 0 Å². The van der Waals surface area contributed by atoms with Gasteiger partial charge in [0.2, 0.25) is 0 Å². The summed E-state index contributed by atoms with van der Waals surface area (Å²) < 4.78 is 0. The van der Waals surface area contributed by atoms with Crippen LogP contribution in [0.3, 0.4) is 0 Å². The Bertz CT molecular complexity index is 249. The molecule has 0 aliphatic heterocycles. The van der Waals surface area contributed by atoms with Crippen molar-refractivity contribution in [1.82, 2.24) is 0 Å². The van der Waals surface area contributed by atoms with Gasteiger partial charge in [-0.25, -0.2) is 0 Å². The van der Waals surface area contributed by atoms with E-state index in [1.54, 1.807) is 0 Å². The van der Waals surface area contributed by atoms with Gasteiger partial charge < -0.3 is 10.2 Å². The Morgan fingerprint density at radius 3 is 2.69 bits per heavy atom. The van der Waals surface area contributed by atoms with Crippen molar-refractivity contribution in [2.45, 2.75) is 31.4 Å². The third-order valence-electron chi connectivity index (χ3n) is 2.33. The van der Waals surface area contributed by atoms with Crippen LogP contribution in [0.15, 0.2) is 5.11 Å². The monoisotopic (exact) mass is 185 g/mol. The van der Waals surface area contributed by atoms with Crippen molar-refractivity contribution in [3.63, 3.8) is 0 Å². The summed E-state index contributed by atoms with van der Waals surface area (Å²) in [6, 6.07) is -0.458. The first-order valence-corrected chi connectivity index (χ1v) is 4.10. The fourth-order valence-corrected chi connectivity index (χ4v) is 1.56. The highest BCUT2D eigenvalue weighted by atomic mass is 16.4. The van der Waals surface area contributed by atoms with E-state index < -0.39 is 24.0 Å². The van der Waals surface area contributed by atoms with Crippen LogP contribution >= 0.6 is 0 Å². The van der Waals surface area contributed by atoms with Crippen LogP contribution in [0.25, 0.3) is 10.4 Å². The number of hydrogen-bond donors (Lipinski definition) is 2. The lowest BCUT2D eigenvalue weighted by Crippen LogP contribution is -2.35. The van der Waals surface area contributed by atoms with Gasteiger partial charge in [-0.15, -0.1) is 0 Å².